The number of hydrogen-bond acceptors (Lipinski definition) is 6. The number of halogens is 2. The van der Waals surface area contributed by atoms with Gasteiger partial charge in [-0.15, -0.1) is 10.2 Å². The molecule has 2 N–H and O–H groups in total. The summed E-state index contributed by atoms with van der Waals surface area (Å²) in [4.78, 5) is 40.6. The normalized spacial score (nSPS) is 10.9. The Kier molecular flexibility index (Phi) is 6.59. The number of rotatable bonds is 7. The molecule has 0 radical (unpaired) electrons. The number of Topliss-reactive ketones (excluding diaryl/α,β-unsaturated/α-hetero) is 1. The molecule has 4 aromatic rings. The summed E-state index contributed by atoms with van der Waals surface area (Å²) in [6.07, 6.45) is 0.153. The highest BCUT2D eigenvalue weighted by atomic mass is 35.5. The van der Waals surface area contributed by atoms with Crippen molar-refractivity contribution in [3.05, 3.63) is 103 Å². The van der Waals surface area contributed by atoms with E-state index in [0.717, 1.165) is 5.69 Å². The lowest BCUT2D eigenvalue weighted by atomic mass is 10.1. The van der Waals surface area contributed by atoms with E-state index in [1.807, 2.05) is 0 Å². The Hall–Kier alpha value is -3.14. The lowest BCUT2D eigenvalue weighted by Gasteiger charge is -2.10. The summed E-state index contributed by atoms with van der Waals surface area (Å²) in [7, 11) is 0. The van der Waals surface area contributed by atoms with Crippen LogP contribution in [0.15, 0.2) is 69.3 Å². The van der Waals surface area contributed by atoms with E-state index in [2.05, 4.69) is 20.2 Å². The van der Waals surface area contributed by atoms with Crippen molar-refractivity contribution in [3.63, 3.8) is 0 Å². The Morgan fingerprint density at radius 2 is 1.59 bits per heavy atom. The highest BCUT2D eigenvalue weighted by Gasteiger charge is 2.17. The number of aromatic amines is 2. The second-order valence-electron chi connectivity index (χ2n) is 6.72. The van der Waals surface area contributed by atoms with E-state index >= 15 is 0 Å². The molecule has 2 heterocycles. The molecule has 0 aliphatic carbocycles. The van der Waals surface area contributed by atoms with Crippen LogP contribution in [0.4, 0.5) is 0 Å². The molecular weight excluding hydrogens is 473 g/mol. The standard InChI is InChI=1S/C21H15Cl2N5O3S/c22-13-3-1-12(2-4-13)17(29)11-32-21-27-26-18(9-15-10-19(30)25-20(31)24-15)28(21)16-7-5-14(23)6-8-16/h1-8,10H,9,11H2,(H2,24,25,30,31). The molecule has 32 heavy (non-hydrogen) atoms. The van der Waals surface area contributed by atoms with Gasteiger partial charge in [-0.1, -0.05) is 35.0 Å². The molecule has 0 aliphatic heterocycles. The van der Waals surface area contributed by atoms with Crippen molar-refractivity contribution in [2.45, 2.75) is 11.6 Å². The van der Waals surface area contributed by atoms with Crippen LogP contribution in [0.2, 0.25) is 10.0 Å². The van der Waals surface area contributed by atoms with Gasteiger partial charge in [0.15, 0.2) is 10.9 Å². The van der Waals surface area contributed by atoms with E-state index < -0.39 is 11.2 Å². The van der Waals surface area contributed by atoms with Crippen molar-refractivity contribution in [1.29, 1.82) is 0 Å². The minimum Gasteiger partial charge on any atom is -0.311 e. The van der Waals surface area contributed by atoms with Gasteiger partial charge in [0.05, 0.1) is 5.75 Å². The summed E-state index contributed by atoms with van der Waals surface area (Å²) in [5.74, 6) is 0.530. The predicted octanol–water partition coefficient (Wildman–Crippen LogP) is 3.52. The summed E-state index contributed by atoms with van der Waals surface area (Å²) in [6, 6.07) is 15.0. The molecule has 0 fully saturated rings. The maximum Gasteiger partial charge on any atom is 0.325 e. The lowest BCUT2D eigenvalue weighted by molar-refractivity contribution is 0.102. The third kappa shape index (κ3) is 5.18. The number of carbonyl (C=O) groups excluding carboxylic acids is 1. The number of thioether (sulfide) groups is 1. The van der Waals surface area contributed by atoms with Gasteiger partial charge < -0.3 is 4.98 Å². The molecule has 0 bridgehead atoms. The fourth-order valence-corrected chi connectivity index (χ4v) is 4.11. The minimum absolute atomic E-state index is 0.0854. The van der Waals surface area contributed by atoms with Gasteiger partial charge >= 0.3 is 5.69 Å². The van der Waals surface area contributed by atoms with E-state index in [-0.39, 0.29) is 18.0 Å². The first-order chi connectivity index (χ1) is 15.4. The molecular formula is C21H15Cl2N5O3S. The smallest absolute Gasteiger partial charge is 0.311 e. The van der Waals surface area contributed by atoms with Crippen LogP contribution in [0.3, 0.4) is 0 Å². The van der Waals surface area contributed by atoms with Crippen molar-refractivity contribution in [1.82, 2.24) is 24.7 Å². The lowest BCUT2D eigenvalue weighted by Crippen LogP contribution is -2.23. The van der Waals surface area contributed by atoms with Crippen LogP contribution in [-0.4, -0.2) is 36.3 Å². The molecule has 8 nitrogen and oxygen atoms in total. The molecule has 2 aromatic carbocycles. The molecule has 0 atom stereocenters. The number of carbonyl (C=O) groups is 1. The second kappa shape index (κ2) is 9.56. The van der Waals surface area contributed by atoms with Gasteiger partial charge in [-0.25, -0.2) is 4.79 Å². The second-order valence-corrected chi connectivity index (χ2v) is 8.53. The Labute approximate surface area is 195 Å². The fraction of sp³-hybridized carbons (Fsp3) is 0.0952. The maximum atomic E-state index is 12.6. The van der Waals surface area contributed by atoms with E-state index in [1.54, 1.807) is 53.1 Å². The number of ketones is 1. The van der Waals surface area contributed by atoms with Gasteiger partial charge in [0.2, 0.25) is 0 Å². The maximum absolute atomic E-state index is 12.6. The third-order valence-electron chi connectivity index (χ3n) is 4.45. The number of aromatic nitrogens is 5. The van der Waals surface area contributed by atoms with Crippen LogP contribution in [0.5, 0.6) is 0 Å². The highest BCUT2D eigenvalue weighted by Crippen LogP contribution is 2.25. The van der Waals surface area contributed by atoms with Crippen molar-refractivity contribution in [3.8, 4) is 5.69 Å². The minimum atomic E-state index is -0.604. The monoisotopic (exact) mass is 487 g/mol. The summed E-state index contributed by atoms with van der Waals surface area (Å²) in [5.41, 5.74) is 0.539. The van der Waals surface area contributed by atoms with E-state index in [0.29, 0.717) is 32.3 Å². The van der Waals surface area contributed by atoms with Crippen LogP contribution in [0.1, 0.15) is 21.9 Å². The molecule has 0 saturated heterocycles. The SMILES string of the molecule is O=C(CSc1nnc(Cc2cc(=O)[nH]c(=O)[nH]2)n1-c1ccc(Cl)cc1)c1ccc(Cl)cc1. The highest BCUT2D eigenvalue weighted by molar-refractivity contribution is 7.99. The molecule has 4 rings (SSSR count). The molecule has 162 valence electrons. The van der Waals surface area contributed by atoms with Gasteiger partial charge in [-0.3, -0.25) is 19.1 Å². The third-order valence-corrected chi connectivity index (χ3v) is 5.88. The van der Waals surface area contributed by atoms with Gasteiger partial charge in [0.25, 0.3) is 5.56 Å². The molecule has 0 saturated carbocycles. The van der Waals surface area contributed by atoms with Crippen LogP contribution in [0.25, 0.3) is 5.69 Å². The van der Waals surface area contributed by atoms with Gasteiger partial charge in [-0.05, 0) is 48.5 Å². The Morgan fingerprint density at radius 3 is 2.25 bits per heavy atom. The summed E-state index contributed by atoms with van der Waals surface area (Å²) in [5, 5.41) is 10.1. The Morgan fingerprint density at radius 1 is 0.938 bits per heavy atom. The number of benzene rings is 2. The first-order valence-corrected chi connectivity index (χ1v) is 11.1. The molecule has 0 unspecified atom stereocenters. The van der Waals surface area contributed by atoms with Crippen molar-refractivity contribution in [2.24, 2.45) is 0 Å². The molecule has 2 aromatic heterocycles. The number of H-pyrrole nitrogens is 2. The van der Waals surface area contributed by atoms with Crippen LogP contribution < -0.4 is 11.2 Å². The number of nitrogens with zero attached hydrogens (tertiary/aromatic N) is 3. The van der Waals surface area contributed by atoms with E-state index in [1.165, 1.54) is 17.8 Å². The first kappa shape index (κ1) is 22.1. The average molecular weight is 488 g/mol. The van der Waals surface area contributed by atoms with Gasteiger partial charge in [0.1, 0.15) is 5.82 Å². The molecule has 0 aliphatic rings. The van der Waals surface area contributed by atoms with Crippen molar-refractivity contribution in [2.75, 3.05) is 5.75 Å². The van der Waals surface area contributed by atoms with E-state index in [9.17, 15) is 14.4 Å². The van der Waals surface area contributed by atoms with Crippen molar-refractivity contribution < 1.29 is 4.79 Å². The number of hydrogen-bond donors (Lipinski definition) is 2. The average Bonchev–Trinajstić information content (AvgIpc) is 3.14. The first-order valence-electron chi connectivity index (χ1n) is 9.33. The Bertz CT molecular complexity index is 1350. The zero-order valence-electron chi connectivity index (χ0n) is 16.3. The van der Waals surface area contributed by atoms with Crippen LogP contribution in [0, 0.1) is 0 Å². The Balaban J connectivity index is 1.65. The summed E-state index contributed by atoms with van der Waals surface area (Å²) in [6.45, 7) is 0. The van der Waals surface area contributed by atoms with Crippen molar-refractivity contribution >= 4 is 40.7 Å². The predicted molar refractivity (Wildman–Crippen MR) is 123 cm³/mol. The number of nitrogens with one attached hydrogen (secondary N) is 2. The van der Waals surface area contributed by atoms with Crippen LogP contribution in [-0.2, 0) is 6.42 Å². The zero-order chi connectivity index (χ0) is 22.7. The molecule has 0 amide bonds. The summed E-state index contributed by atoms with van der Waals surface area (Å²) >= 11 is 13.1. The van der Waals surface area contributed by atoms with Gasteiger partial charge in [0, 0.05) is 39.5 Å². The van der Waals surface area contributed by atoms with Gasteiger partial charge in [-0.2, -0.15) is 0 Å². The summed E-state index contributed by atoms with van der Waals surface area (Å²) < 4.78 is 1.76. The van der Waals surface area contributed by atoms with E-state index in [4.69, 9.17) is 23.2 Å². The van der Waals surface area contributed by atoms with Crippen LogP contribution >= 0.6 is 35.0 Å². The molecule has 11 heteroatoms. The molecule has 0 spiro atoms. The quantitative estimate of drug-likeness (QED) is 0.304. The zero-order valence-corrected chi connectivity index (χ0v) is 18.7. The largest absolute Gasteiger partial charge is 0.325 e. The fourth-order valence-electron chi connectivity index (χ4n) is 2.99. The topological polar surface area (TPSA) is 114 Å².